The Labute approximate surface area is 155 Å². The minimum absolute atomic E-state index is 0.497. The van der Waals surface area contributed by atoms with E-state index in [1.54, 1.807) is 0 Å². The number of ether oxygens (including phenoxy) is 1. The lowest BCUT2D eigenvalue weighted by atomic mass is 9.96. The number of hydrogen-bond acceptors (Lipinski definition) is 4. The molecule has 6 heteroatoms. The van der Waals surface area contributed by atoms with Crippen LogP contribution in [0, 0.1) is 0 Å². The summed E-state index contributed by atoms with van der Waals surface area (Å²) in [6.07, 6.45) is 6.33. The van der Waals surface area contributed by atoms with Gasteiger partial charge in [-0.25, -0.2) is 0 Å². The molecule has 3 rings (SSSR count). The van der Waals surface area contributed by atoms with Crippen molar-refractivity contribution in [3.8, 4) is 0 Å². The van der Waals surface area contributed by atoms with Crippen LogP contribution in [0.5, 0.6) is 0 Å². The van der Waals surface area contributed by atoms with E-state index in [4.69, 9.17) is 17.0 Å². The van der Waals surface area contributed by atoms with Crippen LogP contribution in [0.4, 0.5) is 5.69 Å². The largest absolute Gasteiger partial charge is 0.378 e. The maximum Gasteiger partial charge on any atom is 0.187 e. The molecule has 1 aromatic rings. The summed E-state index contributed by atoms with van der Waals surface area (Å²) in [6.45, 7) is 5.51. The van der Waals surface area contributed by atoms with Gasteiger partial charge < -0.3 is 15.0 Å². The highest BCUT2D eigenvalue weighted by atomic mass is 32.1. The molecule has 1 saturated carbocycles. The Morgan fingerprint density at radius 3 is 2.48 bits per heavy atom. The van der Waals surface area contributed by atoms with Crippen LogP contribution in [-0.4, -0.2) is 43.2 Å². The lowest BCUT2D eigenvalue weighted by Crippen LogP contribution is -2.41. The molecule has 0 unspecified atom stereocenters. The molecule has 0 atom stereocenters. The predicted octanol–water partition coefficient (Wildman–Crippen LogP) is 3.04. The van der Waals surface area contributed by atoms with Gasteiger partial charge in [-0.3, -0.25) is 5.43 Å². The molecular formula is C19H28N4OS. The Morgan fingerprint density at radius 2 is 1.80 bits per heavy atom. The highest BCUT2D eigenvalue weighted by molar-refractivity contribution is 7.80. The van der Waals surface area contributed by atoms with Gasteiger partial charge in [0.15, 0.2) is 5.11 Å². The normalized spacial score (nSPS) is 19.6. The van der Waals surface area contributed by atoms with Gasteiger partial charge >= 0.3 is 0 Å². The first-order valence-electron chi connectivity index (χ1n) is 9.26. The van der Waals surface area contributed by atoms with Crippen molar-refractivity contribution in [2.75, 3.05) is 31.2 Å². The number of nitrogens with one attached hydrogen (secondary N) is 2. The molecule has 136 valence electrons. The van der Waals surface area contributed by atoms with Gasteiger partial charge in [-0.2, -0.15) is 5.10 Å². The van der Waals surface area contributed by atoms with Crippen LogP contribution in [0.2, 0.25) is 0 Å². The topological polar surface area (TPSA) is 48.9 Å². The molecule has 2 N–H and O–H groups in total. The predicted molar refractivity (Wildman–Crippen MR) is 107 cm³/mol. The summed E-state index contributed by atoms with van der Waals surface area (Å²) in [7, 11) is 0. The number of benzene rings is 1. The van der Waals surface area contributed by atoms with Crippen molar-refractivity contribution < 1.29 is 4.74 Å². The van der Waals surface area contributed by atoms with Gasteiger partial charge in [0.05, 0.1) is 18.9 Å². The lowest BCUT2D eigenvalue weighted by Gasteiger charge is -2.28. The average molecular weight is 361 g/mol. The number of rotatable bonds is 4. The first-order chi connectivity index (χ1) is 12.2. The Hall–Kier alpha value is -1.66. The molecule has 25 heavy (non-hydrogen) atoms. The van der Waals surface area contributed by atoms with E-state index in [1.165, 1.54) is 37.8 Å². The molecule has 1 aliphatic heterocycles. The summed E-state index contributed by atoms with van der Waals surface area (Å²) in [5.41, 5.74) is 6.26. The van der Waals surface area contributed by atoms with Gasteiger partial charge in [0.25, 0.3) is 0 Å². The maximum absolute atomic E-state index is 5.40. The summed E-state index contributed by atoms with van der Waals surface area (Å²) in [5, 5.41) is 8.43. The average Bonchev–Trinajstić information content (AvgIpc) is 2.68. The monoisotopic (exact) mass is 360 g/mol. The van der Waals surface area contributed by atoms with Crippen molar-refractivity contribution in [1.82, 2.24) is 10.7 Å². The van der Waals surface area contributed by atoms with Crippen molar-refractivity contribution >= 4 is 28.7 Å². The van der Waals surface area contributed by atoms with Crippen molar-refractivity contribution in [2.24, 2.45) is 5.10 Å². The Balaban J connectivity index is 1.51. The maximum atomic E-state index is 5.40. The number of morpholine rings is 1. The van der Waals surface area contributed by atoms with E-state index < -0.39 is 0 Å². The van der Waals surface area contributed by atoms with Crippen molar-refractivity contribution in [1.29, 1.82) is 0 Å². The molecule has 0 amide bonds. The minimum Gasteiger partial charge on any atom is -0.378 e. The first-order valence-corrected chi connectivity index (χ1v) is 9.67. The van der Waals surface area contributed by atoms with Gasteiger partial charge in [-0.1, -0.05) is 31.4 Å². The van der Waals surface area contributed by atoms with E-state index >= 15 is 0 Å². The SMILES string of the molecule is C/C(=N\NC(=S)NC1CCCCC1)c1ccc(N2CCOCC2)cc1. The molecule has 1 aliphatic carbocycles. The second kappa shape index (κ2) is 9.15. The summed E-state index contributed by atoms with van der Waals surface area (Å²) < 4.78 is 5.40. The number of hydrazone groups is 1. The smallest absolute Gasteiger partial charge is 0.187 e. The zero-order valence-corrected chi connectivity index (χ0v) is 15.8. The molecule has 0 bridgehead atoms. The van der Waals surface area contributed by atoms with Gasteiger partial charge in [-0.15, -0.1) is 0 Å². The summed E-state index contributed by atoms with van der Waals surface area (Å²) in [6, 6.07) is 9.03. The second-order valence-corrected chi connectivity index (χ2v) is 7.17. The molecule has 0 aromatic heterocycles. The molecule has 1 saturated heterocycles. The van der Waals surface area contributed by atoms with E-state index in [1.807, 2.05) is 6.92 Å². The fourth-order valence-corrected chi connectivity index (χ4v) is 3.61. The van der Waals surface area contributed by atoms with E-state index in [2.05, 4.69) is 45.0 Å². The molecule has 1 heterocycles. The van der Waals surface area contributed by atoms with E-state index in [0.29, 0.717) is 11.2 Å². The number of hydrogen-bond donors (Lipinski definition) is 2. The van der Waals surface area contributed by atoms with Crippen LogP contribution in [0.1, 0.15) is 44.6 Å². The van der Waals surface area contributed by atoms with Gasteiger partial charge in [-0.05, 0) is 49.7 Å². The van der Waals surface area contributed by atoms with Crippen molar-refractivity contribution in [3.05, 3.63) is 29.8 Å². The van der Waals surface area contributed by atoms with Crippen LogP contribution < -0.4 is 15.6 Å². The second-order valence-electron chi connectivity index (χ2n) is 6.76. The summed E-state index contributed by atoms with van der Waals surface area (Å²) >= 11 is 5.36. The fraction of sp³-hybridized carbons (Fsp3) is 0.579. The molecular weight excluding hydrogens is 332 g/mol. The van der Waals surface area contributed by atoms with Crippen LogP contribution in [-0.2, 0) is 4.74 Å². The Bertz CT molecular complexity index is 590. The van der Waals surface area contributed by atoms with Crippen LogP contribution in [0.25, 0.3) is 0 Å². The van der Waals surface area contributed by atoms with E-state index in [9.17, 15) is 0 Å². The molecule has 5 nitrogen and oxygen atoms in total. The number of anilines is 1. The minimum atomic E-state index is 0.497. The van der Waals surface area contributed by atoms with Crippen LogP contribution in [0.15, 0.2) is 29.4 Å². The van der Waals surface area contributed by atoms with Crippen LogP contribution in [0.3, 0.4) is 0 Å². The summed E-state index contributed by atoms with van der Waals surface area (Å²) in [5.74, 6) is 0. The third kappa shape index (κ3) is 5.41. The van der Waals surface area contributed by atoms with Gasteiger partial charge in [0, 0.05) is 24.8 Å². The zero-order chi connectivity index (χ0) is 17.5. The third-order valence-corrected chi connectivity index (χ3v) is 5.14. The zero-order valence-electron chi connectivity index (χ0n) is 15.0. The van der Waals surface area contributed by atoms with E-state index in [-0.39, 0.29) is 0 Å². The van der Waals surface area contributed by atoms with E-state index in [0.717, 1.165) is 37.6 Å². The molecule has 2 aliphatic rings. The highest BCUT2D eigenvalue weighted by Crippen LogP contribution is 2.18. The summed E-state index contributed by atoms with van der Waals surface area (Å²) in [4.78, 5) is 2.35. The number of nitrogens with zero attached hydrogens (tertiary/aromatic N) is 2. The Morgan fingerprint density at radius 1 is 1.12 bits per heavy atom. The first kappa shape index (κ1) is 18.1. The van der Waals surface area contributed by atoms with Gasteiger partial charge in [0.2, 0.25) is 0 Å². The quantitative estimate of drug-likeness (QED) is 0.491. The highest BCUT2D eigenvalue weighted by Gasteiger charge is 2.14. The Kier molecular flexibility index (Phi) is 6.64. The number of thiocarbonyl (C=S) groups is 1. The fourth-order valence-electron chi connectivity index (χ4n) is 3.40. The standard InChI is InChI=1S/C19H28N4OS/c1-15(21-22-19(25)20-17-5-3-2-4-6-17)16-7-9-18(10-8-16)23-11-13-24-14-12-23/h7-10,17H,2-6,11-14H2,1H3,(H2,20,22,25)/b21-15+. The molecule has 0 spiro atoms. The van der Waals surface area contributed by atoms with Crippen molar-refractivity contribution in [3.63, 3.8) is 0 Å². The van der Waals surface area contributed by atoms with Crippen LogP contribution >= 0.6 is 12.2 Å². The van der Waals surface area contributed by atoms with Gasteiger partial charge in [0.1, 0.15) is 0 Å². The molecule has 2 fully saturated rings. The molecule has 1 aromatic carbocycles. The molecule has 0 radical (unpaired) electrons. The van der Waals surface area contributed by atoms with Crippen molar-refractivity contribution in [2.45, 2.75) is 45.1 Å². The third-order valence-electron chi connectivity index (χ3n) is 4.93. The lowest BCUT2D eigenvalue weighted by molar-refractivity contribution is 0.122.